The van der Waals surface area contributed by atoms with Crippen molar-refractivity contribution in [1.29, 1.82) is 0 Å². The van der Waals surface area contributed by atoms with E-state index in [0.29, 0.717) is 6.54 Å². The van der Waals surface area contributed by atoms with Crippen molar-refractivity contribution in [2.24, 2.45) is 0 Å². The van der Waals surface area contributed by atoms with Crippen LogP contribution in [0.4, 0.5) is 0 Å². The second-order valence-electron chi connectivity index (χ2n) is 5.58. The van der Waals surface area contributed by atoms with E-state index in [1.165, 1.54) is 5.56 Å². The highest BCUT2D eigenvalue weighted by molar-refractivity contribution is 5.81. The molecule has 3 rings (SSSR count). The van der Waals surface area contributed by atoms with E-state index in [9.17, 15) is 4.79 Å². The molecule has 2 N–H and O–H groups in total. The fourth-order valence-electron chi connectivity index (χ4n) is 2.66. The van der Waals surface area contributed by atoms with Crippen molar-refractivity contribution in [3.8, 4) is 0 Å². The van der Waals surface area contributed by atoms with E-state index >= 15 is 0 Å². The van der Waals surface area contributed by atoms with E-state index in [1.807, 2.05) is 49.4 Å². The number of hydrogen-bond acceptors (Lipinski definition) is 2. The summed E-state index contributed by atoms with van der Waals surface area (Å²) in [6, 6.07) is 18.4. The third-order valence-corrected chi connectivity index (χ3v) is 3.91. The summed E-state index contributed by atoms with van der Waals surface area (Å²) in [5, 5.41) is 4.43. The lowest BCUT2D eigenvalue weighted by Gasteiger charge is -2.07. The fraction of sp³-hybridized carbons (Fsp3) is 0.211. The first-order chi connectivity index (χ1) is 10.7. The first-order valence-corrected chi connectivity index (χ1v) is 7.60. The maximum absolute atomic E-state index is 12.2. The summed E-state index contributed by atoms with van der Waals surface area (Å²) in [4.78, 5) is 15.1. The number of nitrogens with one attached hydrogen (secondary N) is 2. The van der Waals surface area contributed by atoms with Crippen molar-refractivity contribution in [3.05, 3.63) is 81.6 Å². The summed E-state index contributed by atoms with van der Waals surface area (Å²) in [6.45, 7) is 3.46. The van der Waals surface area contributed by atoms with Crippen molar-refractivity contribution in [2.45, 2.75) is 19.9 Å². The van der Waals surface area contributed by atoms with Gasteiger partial charge < -0.3 is 10.3 Å². The van der Waals surface area contributed by atoms with Crippen LogP contribution in [0.5, 0.6) is 0 Å². The highest BCUT2D eigenvalue weighted by Crippen LogP contribution is 2.14. The molecule has 112 valence electrons. The van der Waals surface area contributed by atoms with Crippen molar-refractivity contribution in [1.82, 2.24) is 10.3 Å². The van der Waals surface area contributed by atoms with Crippen molar-refractivity contribution in [3.63, 3.8) is 0 Å². The van der Waals surface area contributed by atoms with Crippen molar-refractivity contribution >= 4 is 10.9 Å². The summed E-state index contributed by atoms with van der Waals surface area (Å²) in [5.74, 6) is 0. The molecule has 3 heteroatoms. The van der Waals surface area contributed by atoms with E-state index < -0.39 is 0 Å². The SMILES string of the molecule is Cc1cccc2cc(CNCCc3ccccc3)c(=O)[nH]c12. The Labute approximate surface area is 130 Å². The Morgan fingerprint density at radius 3 is 2.68 bits per heavy atom. The molecule has 0 saturated carbocycles. The largest absolute Gasteiger partial charge is 0.321 e. The Hall–Kier alpha value is -2.39. The van der Waals surface area contributed by atoms with Crippen LogP contribution in [0.2, 0.25) is 0 Å². The molecule has 0 aliphatic carbocycles. The molecular formula is C19H20N2O. The molecule has 3 aromatic rings. The molecule has 0 spiro atoms. The van der Waals surface area contributed by atoms with Gasteiger partial charge in [-0.2, -0.15) is 0 Å². The van der Waals surface area contributed by atoms with Gasteiger partial charge in [0.2, 0.25) is 0 Å². The lowest BCUT2D eigenvalue weighted by atomic mass is 10.1. The zero-order valence-corrected chi connectivity index (χ0v) is 12.7. The molecule has 0 saturated heterocycles. The highest BCUT2D eigenvalue weighted by atomic mass is 16.1. The topological polar surface area (TPSA) is 44.9 Å². The standard InChI is InChI=1S/C19H20N2O/c1-14-6-5-9-16-12-17(19(22)21-18(14)16)13-20-11-10-15-7-3-2-4-8-15/h2-9,12,20H,10-11,13H2,1H3,(H,21,22). The van der Waals surface area contributed by atoms with Crippen LogP contribution in [0, 0.1) is 6.92 Å². The third kappa shape index (κ3) is 3.26. The molecule has 3 nitrogen and oxygen atoms in total. The average molecular weight is 292 g/mol. The normalized spacial score (nSPS) is 11.0. The first-order valence-electron chi connectivity index (χ1n) is 7.60. The van der Waals surface area contributed by atoms with Crippen molar-refractivity contribution < 1.29 is 0 Å². The number of fused-ring (bicyclic) bond motifs is 1. The number of aryl methyl sites for hydroxylation is 1. The Morgan fingerprint density at radius 1 is 1.05 bits per heavy atom. The number of aromatic amines is 1. The van der Waals surface area contributed by atoms with Gasteiger partial charge in [0, 0.05) is 12.1 Å². The van der Waals surface area contributed by atoms with Crippen molar-refractivity contribution in [2.75, 3.05) is 6.54 Å². The molecule has 22 heavy (non-hydrogen) atoms. The summed E-state index contributed by atoms with van der Waals surface area (Å²) >= 11 is 0. The van der Waals surface area contributed by atoms with E-state index in [2.05, 4.69) is 22.4 Å². The number of H-pyrrole nitrogens is 1. The van der Waals surface area contributed by atoms with Gasteiger partial charge in [-0.3, -0.25) is 4.79 Å². The van der Waals surface area contributed by atoms with Gasteiger partial charge in [0.15, 0.2) is 0 Å². The van der Waals surface area contributed by atoms with Crippen LogP contribution in [0.3, 0.4) is 0 Å². The monoisotopic (exact) mass is 292 g/mol. The molecule has 0 atom stereocenters. The van der Waals surface area contributed by atoms with Crippen LogP contribution < -0.4 is 10.9 Å². The first kappa shape index (κ1) is 14.5. The quantitative estimate of drug-likeness (QED) is 0.709. The zero-order chi connectivity index (χ0) is 15.4. The second-order valence-corrected chi connectivity index (χ2v) is 5.58. The van der Waals surface area contributed by atoms with Gasteiger partial charge in [-0.05, 0) is 42.5 Å². The smallest absolute Gasteiger partial charge is 0.252 e. The number of para-hydroxylation sites is 1. The molecule has 0 radical (unpaired) electrons. The number of benzene rings is 2. The Bertz CT molecular complexity index is 822. The maximum atomic E-state index is 12.2. The average Bonchev–Trinajstić information content (AvgIpc) is 2.54. The highest BCUT2D eigenvalue weighted by Gasteiger charge is 2.04. The van der Waals surface area contributed by atoms with Gasteiger partial charge in [-0.1, -0.05) is 48.5 Å². The number of aromatic nitrogens is 1. The predicted octanol–water partition coefficient (Wildman–Crippen LogP) is 3.17. The van der Waals surface area contributed by atoms with Crippen LogP contribution in [-0.2, 0) is 13.0 Å². The predicted molar refractivity (Wildman–Crippen MR) is 91.2 cm³/mol. The van der Waals surface area contributed by atoms with Crippen LogP contribution in [0.25, 0.3) is 10.9 Å². The minimum Gasteiger partial charge on any atom is -0.321 e. The molecule has 0 fully saturated rings. The van der Waals surface area contributed by atoms with E-state index in [-0.39, 0.29) is 5.56 Å². The Kier molecular flexibility index (Phi) is 4.35. The summed E-state index contributed by atoms with van der Waals surface area (Å²) in [7, 11) is 0. The van der Waals surface area contributed by atoms with Gasteiger partial charge in [0.25, 0.3) is 5.56 Å². The van der Waals surface area contributed by atoms with Crippen LogP contribution in [0.1, 0.15) is 16.7 Å². The van der Waals surface area contributed by atoms with Gasteiger partial charge in [0.05, 0.1) is 5.52 Å². The molecule has 0 unspecified atom stereocenters. The minimum absolute atomic E-state index is 0.00555. The van der Waals surface area contributed by atoms with E-state index in [4.69, 9.17) is 0 Å². The molecule has 1 aromatic heterocycles. The minimum atomic E-state index is -0.00555. The molecule has 0 amide bonds. The summed E-state index contributed by atoms with van der Waals surface area (Å²) < 4.78 is 0. The van der Waals surface area contributed by atoms with E-state index in [1.54, 1.807) is 0 Å². The molecule has 0 bridgehead atoms. The molecule has 2 aromatic carbocycles. The lowest BCUT2D eigenvalue weighted by Crippen LogP contribution is -2.22. The number of pyridine rings is 1. The maximum Gasteiger partial charge on any atom is 0.252 e. The summed E-state index contributed by atoms with van der Waals surface area (Å²) in [5.41, 5.74) is 4.11. The fourth-order valence-corrected chi connectivity index (χ4v) is 2.66. The van der Waals surface area contributed by atoms with Crippen LogP contribution >= 0.6 is 0 Å². The van der Waals surface area contributed by atoms with Gasteiger partial charge in [-0.15, -0.1) is 0 Å². The third-order valence-electron chi connectivity index (χ3n) is 3.91. The molecule has 0 aliphatic heterocycles. The molecule has 1 heterocycles. The summed E-state index contributed by atoms with van der Waals surface area (Å²) in [6.07, 6.45) is 0.964. The van der Waals surface area contributed by atoms with Crippen LogP contribution in [-0.4, -0.2) is 11.5 Å². The Balaban J connectivity index is 1.67. The Morgan fingerprint density at radius 2 is 1.86 bits per heavy atom. The molecule has 0 aliphatic rings. The molecular weight excluding hydrogens is 272 g/mol. The zero-order valence-electron chi connectivity index (χ0n) is 12.7. The van der Waals surface area contributed by atoms with Gasteiger partial charge >= 0.3 is 0 Å². The van der Waals surface area contributed by atoms with E-state index in [0.717, 1.165) is 35.0 Å². The number of rotatable bonds is 5. The number of hydrogen-bond donors (Lipinski definition) is 2. The van der Waals surface area contributed by atoms with Crippen LogP contribution in [0.15, 0.2) is 59.4 Å². The lowest BCUT2D eigenvalue weighted by molar-refractivity contribution is 0.683. The van der Waals surface area contributed by atoms with Gasteiger partial charge in [-0.25, -0.2) is 0 Å². The van der Waals surface area contributed by atoms with Gasteiger partial charge in [0.1, 0.15) is 0 Å². The second kappa shape index (κ2) is 6.58.